The zero-order valence-electron chi connectivity index (χ0n) is 13.2. The first-order valence-electron chi connectivity index (χ1n) is 7.82. The third kappa shape index (κ3) is 3.22. The van der Waals surface area contributed by atoms with Gasteiger partial charge in [-0.1, -0.05) is 30.3 Å². The molecule has 0 saturated carbocycles. The summed E-state index contributed by atoms with van der Waals surface area (Å²) in [6, 6.07) is 15.5. The van der Waals surface area contributed by atoms with Crippen LogP contribution in [0, 0.1) is 0 Å². The number of hydrogen-bond donors (Lipinski definition) is 1. The van der Waals surface area contributed by atoms with E-state index in [0.29, 0.717) is 18.0 Å². The second kappa shape index (κ2) is 6.79. The van der Waals surface area contributed by atoms with Crippen molar-refractivity contribution in [2.75, 3.05) is 25.5 Å². The predicted octanol–water partition coefficient (Wildman–Crippen LogP) is 3.34. The maximum Gasteiger partial charge on any atom is 0.237 e. The minimum absolute atomic E-state index is 0.435. The van der Waals surface area contributed by atoms with Crippen molar-refractivity contribution in [3.8, 4) is 5.88 Å². The van der Waals surface area contributed by atoms with E-state index in [9.17, 15) is 0 Å². The molecule has 1 saturated heterocycles. The van der Waals surface area contributed by atoms with Gasteiger partial charge in [-0.25, -0.2) is 4.98 Å². The van der Waals surface area contributed by atoms with Crippen LogP contribution in [0.3, 0.4) is 0 Å². The monoisotopic (exact) mass is 297 g/mol. The third-order valence-corrected chi connectivity index (χ3v) is 4.37. The number of benzene rings is 1. The molecule has 2 aromatic rings. The van der Waals surface area contributed by atoms with E-state index in [1.807, 2.05) is 12.1 Å². The molecule has 0 unspecified atom stereocenters. The second-order valence-electron chi connectivity index (χ2n) is 5.77. The summed E-state index contributed by atoms with van der Waals surface area (Å²) in [5, 5.41) is 3.57. The van der Waals surface area contributed by atoms with Crippen LogP contribution in [0.1, 0.15) is 24.9 Å². The molecular weight excluding hydrogens is 274 g/mol. The van der Waals surface area contributed by atoms with E-state index in [0.717, 1.165) is 25.2 Å². The van der Waals surface area contributed by atoms with E-state index in [2.05, 4.69) is 52.5 Å². The Hall–Kier alpha value is -2.07. The summed E-state index contributed by atoms with van der Waals surface area (Å²) in [6.07, 6.45) is 2.89. The lowest BCUT2D eigenvalue weighted by Gasteiger charge is -2.25. The van der Waals surface area contributed by atoms with Crippen molar-refractivity contribution < 1.29 is 4.74 Å². The van der Waals surface area contributed by atoms with Gasteiger partial charge < -0.3 is 10.1 Å². The molecule has 1 aromatic heterocycles. The van der Waals surface area contributed by atoms with Crippen molar-refractivity contribution in [1.29, 1.82) is 0 Å². The maximum absolute atomic E-state index is 5.31. The number of ether oxygens (including phenoxy) is 1. The fourth-order valence-corrected chi connectivity index (χ4v) is 3.08. The van der Waals surface area contributed by atoms with Crippen molar-refractivity contribution in [2.24, 2.45) is 0 Å². The first-order chi connectivity index (χ1) is 10.8. The number of hydrogen-bond acceptors (Lipinski definition) is 4. The highest BCUT2D eigenvalue weighted by molar-refractivity contribution is 5.52. The Balaban J connectivity index is 1.63. The molecule has 1 aliphatic rings. The summed E-state index contributed by atoms with van der Waals surface area (Å²) < 4.78 is 5.31. The van der Waals surface area contributed by atoms with Crippen LogP contribution in [-0.2, 0) is 0 Å². The summed E-state index contributed by atoms with van der Waals surface area (Å²) in [5.41, 5.74) is 2.35. The molecule has 22 heavy (non-hydrogen) atoms. The Labute approximate surface area is 132 Å². The zero-order valence-corrected chi connectivity index (χ0v) is 13.2. The van der Waals surface area contributed by atoms with Crippen molar-refractivity contribution in [2.45, 2.75) is 25.4 Å². The number of rotatable bonds is 5. The molecule has 0 aliphatic carbocycles. The van der Waals surface area contributed by atoms with Crippen LogP contribution in [0.5, 0.6) is 5.88 Å². The molecule has 1 N–H and O–H groups in total. The van der Waals surface area contributed by atoms with Crippen molar-refractivity contribution in [3.05, 3.63) is 54.2 Å². The van der Waals surface area contributed by atoms with Gasteiger partial charge in [-0.3, -0.25) is 4.90 Å². The molecular formula is C18H23N3O. The molecule has 1 aromatic carbocycles. The Morgan fingerprint density at radius 1 is 1.23 bits per heavy atom. The molecule has 0 radical (unpaired) electrons. The molecule has 2 heterocycles. The Kier molecular flexibility index (Phi) is 4.59. The molecule has 0 bridgehead atoms. The molecule has 0 spiro atoms. The number of methoxy groups -OCH3 is 1. The summed E-state index contributed by atoms with van der Waals surface area (Å²) in [5.74, 6) is 0.664. The van der Waals surface area contributed by atoms with Gasteiger partial charge in [-0.05, 0) is 31.0 Å². The smallest absolute Gasteiger partial charge is 0.237 e. The van der Waals surface area contributed by atoms with Gasteiger partial charge in [-0.2, -0.15) is 0 Å². The minimum atomic E-state index is 0.435. The minimum Gasteiger partial charge on any atom is -0.480 e. The summed E-state index contributed by atoms with van der Waals surface area (Å²) in [4.78, 5) is 6.77. The Bertz CT molecular complexity index is 602. The molecule has 0 amide bonds. The highest BCUT2D eigenvalue weighted by Crippen LogP contribution is 2.28. The fourth-order valence-electron chi connectivity index (χ4n) is 3.08. The SMILES string of the molecule is COc1ncccc1N[C@H]1CCN([C@@H](C)c2ccccc2)C1. The van der Waals surface area contributed by atoms with Crippen molar-refractivity contribution >= 4 is 5.69 Å². The van der Waals surface area contributed by atoms with Gasteiger partial charge >= 0.3 is 0 Å². The largest absolute Gasteiger partial charge is 0.480 e. The standard InChI is InChI=1S/C18H23N3O/c1-14(15-7-4-3-5-8-15)21-12-10-16(13-21)20-17-9-6-11-19-18(17)22-2/h3-9,11,14,16,20H,10,12-13H2,1-2H3/t14-,16-/m0/s1. The number of aromatic nitrogens is 1. The van der Waals surface area contributed by atoms with Gasteiger partial charge in [-0.15, -0.1) is 0 Å². The predicted molar refractivity (Wildman–Crippen MR) is 89.2 cm³/mol. The van der Waals surface area contributed by atoms with Crippen LogP contribution in [-0.4, -0.2) is 36.1 Å². The van der Waals surface area contributed by atoms with E-state index >= 15 is 0 Å². The first-order valence-corrected chi connectivity index (χ1v) is 7.82. The Morgan fingerprint density at radius 2 is 2.05 bits per heavy atom. The number of nitrogens with zero attached hydrogens (tertiary/aromatic N) is 2. The highest BCUT2D eigenvalue weighted by atomic mass is 16.5. The number of pyridine rings is 1. The summed E-state index contributed by atoms with van der Waals surface area (Å²) in [7, 11) is 1.66. The molecule has 4 nitrogen and oxygen atoms in total. The van der Waals surface area contributed by atoms with Crippen LogP contribution in [0.2, 0.25) is 0 Å². The topological polar surface area (TPSA) is 37.4 Å². The lowest BCUT2D eigenvalue weighted by Crippen LogP contribution is -2.28. The van der Waals surface area contributed by atoms with Crippen LogP contribution in [0.4, 0.5) is 5.69 Å². The highest BCUT2D eigenvalue weighted by Gasteiger charge is 2.27. The van der Waals surface area contributed by atoms with E-state index in [1.165, 1.54) is 5.56 Å². The van der Waals surface area contributed by atoms with Crippen molar-refractivity contribution in [3.63, 3.8) is 0 Å². The maximum atomic E-state index is 5.31. The van der Waals surface area contributed by atoms with Gasteiger partial charge in [0.15, 0.2) is 0 Å². The second-order valence-corrected chi connectivity index (χ2v) is 5.77. The van der Waals surface area contributed by atoms with Gasteiger partial charge in [0, 0.05) is 31.4 Å². The van der Waals surface area contributed by atoms with Crippen molar-refractivity contribution in [1.82, 2.24) is 9.88 Å². The van der Waals surface area contributed by atoms with Crippen LogP contribution in [0.15, 0.2) is 48.7 Å². The van der Waals surface area contributed by atoms with E-state index in [1.54, 1.807) is 13.3 Å². The zero-order chi connectivity index (χ0) is 15.4. The molecule has 116 valence electrons. The lowest BCUT2D eigenvalue weighted by molar-refractivity contribution is 0.261. The fraction of sp³-hybridized carbons (Fsp3) is 0.389. The van der Waals surface area contributed by atoms with Gasteiger partial charge in [0.25, 0.3) is 0 Å². The third-order valence-electron chi connectivity index (χ3n) is 4.37. The molecule has 3 rings (SSSR count). The molecule has 4 heteroatoms. The molecule has 1 fully saturated rings. The first kappa shape index (κ1) is 14.9. The average Bonchev–Trinajstić information content (AvgIpc) is 3.04. The summed E-state index contributed by atoms with van der Waals surface area (Å²) >= 11 is 0. The molecule has 2 atom stereocenters. The van der Waals surface area contributed by atoms with Gasteiger partial charge in [0.05, 0.1) is 12.8 Å². The van der Waals surface area contributed by atoms with E-state index in [-0.39, 0.29) is 0 Å². The average molecular weight is 297 g/mol. The Morgan fingerprint density at radius 3 is 2.82 bits per heavy atom. The van der Waals surface area contributed by atoms with Crippen LogP contribution >= 0.6 is 0 Å². The van der Waals surface area contributed by atoms with E-state index in [4.69, 9.17) is 4.74 Å². The van der Waals surface area contributed by atoms with Crippen LogP contribution < -0.4 is 10.1 Å². The van der Waals surface area contributed by atoms with E-state index < -0.39 is 0 Å². The van der Waals surface area contributed by atoms with Gasteiger partial charge in [0.2, 0.25) is 5.88 Å². The van der Waals surface area contributed by atoms with Gasteiger partial charge in [0.1, 0.15) is 0 Å². The normalized spacial score (nSPS) is 19.8. The van der Waals surface area contributed by atoms with Crippen LogP contribution in [0.25, 0.3) is 0 Å². The number of likely N-dealkylation sites (tertiary alicyclic amines) is 1. The number of nitrogens with one attached hydrogen (secondary N) is 1. The summed E-state index contributed by atoms with van der Waals surface area (Å²) in [6.45, 7) is 4.42. The quantitative estimate of drug-likeness (QED) is 0.918. The number of anilines is 1. The molecule has 1 aliphatic heterocycles. The lowest BCUT2D eigenvalue weighted by atomic mass is 10.1.